The zero-order valence-corrected chi connectivity index (χ0v) is 13.4. The molecule has 6 nitrogen and oxygen atoms in total. The van der Waals surface area contributed by atoms with Crippen molar-refractivity contribution in [3.05, 3.63) is 0 Å². The zero-order chi connectivity index (χ0) is 15.4. The minimum atomic E-state index is -0.0630. The second-order valence-corrected chi connectivity index (χ2v) is 7.20. The van der Waals surface area contributed by atoms with E-state index in [9.17, 15) is 9.90 Å². The van der Waals surface area contributed by atoms with Crippen molar-refractivity contribution in [2.75, 3.05) is 52.5 Å². The van der Waals surface area contributed by atoms with Gasteiger partial charge in [0, 0.05) is 38.8 Å². The Morgan fingerprint density at radius 2 is 1.82 bits per heavy atom. The Morgan fingerprint density at radius 3 is 2.36 bits per heavy atom. The molecule has 0 spiro atoms. The molecule has 0 unspecified atom stereocenters. The Balaban J connectivity index is 1.40. The maximum atomic E-state index is 12.3. The number of nitrogens with zero attached hydrogens (tertiary/aromatic N) is 2. The van der Waals surface area contributed by atoms with Gasteiger partial charge in [-0.1, -0.05) is 19.3 Å². The summed E-state index contributed by atoms with van der Waals surface area (Å²) in [5.74, 6) is 0. The molecular weight excluding hydrogens is 282 g/mol. The van der Waals surface area contributed by atoms with Gasteiger partial charge >= 0.3 is 6.03 Å². The van der Waals surface area contributed by atoms with E-state index in [0.717, 1.165) is 45.6 Å². The molecule has 2 amide bonds. The van der Waals surface area contributed by atoms with Gasteiger partial charge in [-0.3, -0.25) is 4.90 Å². The van der Waals surface area contributed by atoms with E-state index in [0.29, 0.717) is 19.3 Å². The lowest BCUT2D eigenvalue weighted by atomic mass is 9.86. The Hall–Kier alpha value is -0.850. The molecule has 0 atom stereocenters. The average molecular weight is 311 g/mol. The largest absolute Gasteiger partial charge is 0.396 e. The highest BCUT2D eigenvalue weighted by Crippen LogP contribution is 2.28. The molecule has 6 heteroatoms. The third kappa shape index (κ3) is 3.73. The third-order valence-electron chi connectivity index (χ3n) is 5.30. The van der Waals surface area contributed by atoms with Crippen molar-refractivity contribution in [1.29, 1.82) is 0 Å². The minimum Gasteiger partial charge on any atom is -0.396 e. The van der Waals surface area contributed by atoms with Gasteiger partial charge in [0.2, 0.25) is 0 Å². The van der Waals surface area contributed by atoms with Crippen LogP contribution in [0.2, 0.25) is 0 Å². The van der Waals surface area contributed by atoms with Gasteiger partial charge < -0.3 is 20.1 Å². The number of urea groups is 1. The summed E-state index contributed by atoms with van der Waals surface area (Å²) in [6.07, 6.45) is 6.05. The van der Waals surface area contributed by atoms with Crippen molar-refractivity contribution in [3.63, 3.8) is 0 Å². The summed E-state index contributed by atoms with van der Waals surface area (Å²) in [7, 11) is 0. The smallest absolute Gasteiger partial charge is 0.317 e. The average Bonchev–Trinajstić information content (AvgIpc) is 2.52. The molecule has 0 aromatic heterocycles. The monoisotopic (exact) mass is 311 g/mol. The highest BCUT2D eigenvalue weighted by Gasteiger charge is 2.40. The molecule has 3 rings (SSSR count). The lowest BCUT2D eigenvalue weighted by Gasteiger charge is -2.45. The van der Waals surface area contributed by atoms with Crippen LogP contribution in [0.4, 0.5) is 4.79 Å². The van der Waals surface area contributed by atoms with Gasteiger partial charge in [0.05, 0.1) is 25.2 Å². The van der Waals surface area contributed by atoms with Crippen molar-refractivity contribution < 1.29 is 14.6 Å². The van der Waals surface area contributed by atoms with Crippen LogP contribution in [-0.2, 0) is 4.74 Å². The van der Waals surface area contributed by atoms with Crippen LogP contribution < -0.4 is 5.32 Å². The SMILES string of the molecule is O=C(NC1CCCCC1)N1CCN(CC2(CO)COC2)CC1. The second-order valence-electron chi connectivity index (χ2n) is 7.20. The highest BCUT2D eigenvalue weighted by molar-refractivity contribution is 5.74. The van der Waals surface area contributed by atoms with Gasteiger partial charge in [-0.2, -0.15) is 0 Å². The molecular formula is C16H29N3O3. The normalized spacial score (nSPS) is 26.5. The fraction of sp³-hybridized carbons (Fsp3) is 0.938. The van der Waals surface area contributed by atoms with Crippen LogP contribution in [0.5, 0.6) is 0 Å². The van der Waals surface area contributed by atoms with Crippen LogP contribution in [0.1, 0.15) is 32.1 Å². The van der Waals surface area contributed by atoms with Crippen LogP contribution in [0.3, 0.4) is 0 Å². The van der Waals surface area contributed by atoms with Crippen LogP contribution in [0, 0.1) is 5.41 Å². The van der Waals surface area contributed by atoms with E-state index in [4.69, 9.17) is 4.74 Å². The third-order valence-corrected chi connectivity index (χ3v) is 5.30. The summed E-state index contributed by atoms with van der Waals surface area (Å²) >= 11 is 0. The van der Waals surface area contributed by atoms with Crippen molar-refractivity contribution in [2.24, 2.45) is 5.41 Å². The zero-order valence-electron chi connectivity index (χ0n) is 13.4. The number of carbonyl (C=O) groups is 1. The Labute approximate surface area is 132 Å². The van der Waals surface area contributed by atoms with Gasteiger partial charge in [0.25, 0.3) is 0 Å². The number of nitrogens with one attached hydrogen (secondary N) is 1. The first kappa shape index (κ1) is 16.0. The number of amides is 2. The van der Waals surface area contributed by atoms with Crippen LogP contribution in [0.15, 0.2) is 0 Å². The molecule has 0 radical (unpaired) electrons. The molecule has 22 heavy (non-hydrogen) atoms. The number of ether oxygens (including phenoxy) is 1. The molecule has 0 aromatic carbocycles. The summed E-state index contributed by atoms with van der Waals surface area (Å²) in [6, 6.07) is 0.486. The summed E-state index contributed by atoms with van der Waals surface area (Å²) in [5.41, 5.74) is -0.0630. The molecule has 3 aliphatic rings. The van der Waals surface area contributed by atoms with Crippen molar-refractivity contribution in [3.8, 4) is 0 Å². The van der Waals surface area contributed by atoms with Gasteiger partial charge in [-0.25, -0.2) is 4.79 Å². The van der Waals surface area contributed by atoms with Gasteiger partial charge in [-0.15, -0.1) is 0 Å². The summed E-state index contributed by atoms with van der Waals surface area (Å²) in [6.45, 7) is 5.72. The van der Waals surface area contributed by atoms with Gasteiger partial charge in [0.1, 0.15) is 0 Å². The first-order valence-electron chi connectivity index (χ1n) is 8.67. The molecule has 1 aliphatic carbocycles. The predicted molar refractivity (Wildman–Crippen MR) is 83.8 cm³/mol. The highest BCUT2D eigenvalue weighted by atomic mass is 16.5. The summed E-state index contributed by atoms with van der Waals surface area (Å²) < 4.78 is 5.25. The van der Waals surface area contributed by atoms with Crippen LogP contribution >= 0.6 is 0 Å². The van der Waals surface area contributed by atoms with E-state index in [1.165, 1.54) is 19.3 Å². The molecule has 126 valence electrons. The first-order chi connectivity index (χ1) is 10.7. The topological polar surface area (TPSA) is 65.0 Å². The number of hydrogen-bond donors (Lipinski definition) is 2. The number of rotatable bonds is 4. The Morgan fingerprint density at radius 1 is 1.14 bits per heavy atom. The van der Waals surface area contributed by atoms with Crippen molar-refractivity contribution >= 4 is 6.03 Å². The second kappa shape index (κ2) is 7.15. The standard InChI is InChI=1S/C16H29N3O3/c20-11-16(12-22-13-16)10-18-6-8-19(9-7-18)15(21)17-14-4-2-1-3-5-14/h14,20H,1-13H2,(H,17,21). The number of hydrogen-bond acceptors (Lipinski definition) is 4. The van der Waals surface area contributed by atoms with E-state index < -0.39 is 0 Å². The number of aliphatic hydroxyl groups excluding tert-OH is 1. The number of carbonyl (C=O) groups excluding carboxylic acids is 1. The van der Waals surface area contributed by atoms with E-state index in [1.54, 1.807) is 0 Å². The molecule has 2 N–H and O–H groups in total. The van der Waals surface area contributed by atoms with Crippen molar-refractivity contribution in [2.45, 2.75) is 38.1 Å². The van der Waals surface area contributed by atoms with Gasteiger partial charge in [-0.05, 0) is 12.8 Å². The van der Waals surface area contributed by atoms with Crippen molar-refractivity contribution in [1.82, 2.24) is 15.1 Å². The minimum absolute atomic E-state index is 0.0630. The molecule has 2 saturated heterocycles. The number of aliphatic hydroxyl groups is 1. The number of piperazine rings is 1. The van der Waals surface area contributed by atoms with Crippen LogP contribution in [0.25, 0.3) is 0 Å². The first-order valence-corrected chi connectivity index (χ1v) is 8.67. The Kier molecular flexibility index (Phi) is 5.21. The molecule has 2 heterocycles. The van der Waals surface area contributed by atoms with E-state index >= 15 is 0 Å². The van der Waals surface area contributed by atoms with Gasteiger partial charge in [0.15, 0.2) is 0 Å². The molecule has 3 fully saturated rings. The quantitative estimate of drug-likeness (QED) is 0.800. The van der Waals surface area contributed by atoms with E-state index in [1.807, 2.05) is 4.90 Å². The molecule has 0 bridgehead atoms. The fourth-order valence-corrected chi connectivity index (χ4v) is 3.72. The fourth-order valence-electron chi connectivity index (χ4n) is 3.72. The maximum Gasteiger partial charge on any atom is 0.317 e. The molecule has 1 saturated carbocycles. The maximum absolute atomic E-state index is 12.3. The lowest BCUT2D eigenvalue weighted by Crippen LogP contribution is -2.58. The molecule has 2 aliphatic heterocycles. The van der Waals surface area contributed by atoms with E-state index in [2.05, 4.69) is 10.2 Å². The summed E-state index contributed by atoms with van der Waals surface area (Å²) in [5, 5.41) is 12.7. The lowest BCUT2D eigenvalue weighted by molar-refractivity contribution is -0.150. The van der Waals surface area contributed by atoms with Crippen LogP contribution in [-0.4, -0.2) is 79.5 Å². The van der Waals surface area contributed by atoms with E-state index in [-0.39, 0.29) is 18.1 Å². The Bertz CT molecular complexity index is 367. The summed E-state index contributed by atoms with van der Waals surface area (Å²) in [4.78, 5) is 16.6. The predicted octanol–water partition coefficient (Wildman–Crippen LogP) is 0.655. The molecule has 0 aromatic rings.